The number of amides is 2. The first-order valence-electron chi connectivity index (χ1n) is 9.40. The summed E-state index contributed by atoms with van der Waals surface area (Å²) in [7, 11) is 1.54. The maximum Gasteiger partial charge on any atom is 0.269 e. The molecule has 29 heavy (non-hydrogen) atoms. The number of rotatable bonds is 8. The summed E-state index contributed by atoms with van der Waals surface area (Å²) in [5.74, 6) is -0.0775. The van der Waals surface area contributed by atoms with Crippen LogP contribution in [-0.2, 0) is 6.42 Å². The van der Waals surface area contributed by atoms with Gasteiger partial charge in [0.1, 0.15) is 11.4 Å². The summed E-state index contributed by atoms with van der Waals surface area (Å²) in [4.78, 5) is 29.0. The Hall–Kier alpha value is -3.67. The molecule has 148 valence electrons. The summed E-state index contributed by atoms with van der Waals surface area (Å²) < 4.78 is 5.24. The van der Waals surface area contributed by atoms with Gasteiger partial charge in [0.2, 0.25) is 0 Å². The standard InChI is InChI=1S/C23H23N3O3/c1-29-21-12-6-5-11-19(21)26-22(27)18-13-15-24-20(16-18)23(28)25-14-7-10-17-8-3-2-4-9-17/h2-6,8-9,11-13,15-16H,7,10,14H2,1H3,(H,25,28)(H,26,27). The predicted molar refractivity (Wildman–Crippen MR) is 112 cm³/mol. The number of hydrogen-bond acceptors (Lipinski definition) is 4. The number of nitrogens with one attached hydrogen (secondary N) is 2. The minimum Gasteiger partial charge on any atom is -0.495 e. The van der Waals surface area contributed by atoms with Crippen LogP contribution in [0.4, 0.5) is 5.69 Å². The zero-order valence-corrected chi connectivity index (χ0v) is 16.2. The fraction of sp³-hybridized carbons (Fsp3) is 0.174. The average Bonchev–Trinajstić information content (AvgIpc) is 2.77. The lowest BCUT2D eigenvalue weighted by Gasteiger charge is -2.10. The Morgan fingerprint density at radius 1 is 0.966 bits per heavy atom. The van der Waals surface area contributed by atoms with Crippen LogP contribution in [0.25, 0.3) is 0 Å². The summed E-state index contributed by atoms with van der Waals surface area (Å²) >= 11 is 0. The maximum atomic E-state index is 12.5. The molecule has 2 aromatic carbocycles. The second-order valence-electron chi connectivity index (χ2n) is 6.43. The highest BCUT2D eigenvalue weighted by molar-refractivity contribution is 6.06. The molecule has 0 fully saturated rings. The number of benzene rings is 2. The number of pyridine rings is 1. The van der Waals surface area contributed by atoms with E-state index in [1.807, 2.05) is 24.3 Å². The Balaban J connectivity index is 1.56. The van der Waals surface area contributed by atoms with Crippen molar-refractivity contribution in [2.75, 3.05) is 19.0 Å². The van der Waals surface area contributed by atoms with Gasteiger partial charge in [-0.1, -0.05) is 42.5 Å². The molecule has 0 unspecified atom stereocenters. The van der Waals surface area contributed by atoms with Crippen LogP contribution in [0.1, 0.15) is 32.8 Å². The largest absolute Gasteiger partial charge is 0.495 e. The van der Waals surface area contributed by atoms with E-state index in [-0.39, 0.29) is 17.5 Å². The first-order chi connectivity index (χ1) is 14.2. The van der Waals surface area contributed by atoms with Gasteiger partial charge >= 0.3 is 0 Å². The normalized spacial score (nSPS) is 10.2. The molecule has 0 radical (unpaired) electrons. The Labute approximate surface area is 169 Å². The van der Waals surface area contributed by atoms with E-state index in [0.29, 0.717) is 23.5 Å². The van der Waals surface area contributed by atoms with Crippen molar-refractivity contribution in [3.05, 3.63) is 89.7 Å². The quantitative estimate of drug-likeness (QED) is 0.576. The van der Waals surface area contributed by atoms with Gasteiger partial charge in [0.15, 0.2) is 0 Å². The van der Waals surface area contributed by atoms with Gasteiger partial charge in [0.05, 0.1) is 12.8 Å². The molecule has 3 rings (SSSR count). The summed E-state index contributed by atoms with van der Waals surface area (Å²) in [6.07, 6.45) is 3.16. The summed E-state index contributed by atoms with van der Waals surface area (Å²) in [6, 6.07) is 20.3. The fourth-order valence-electron chi connectivity index (χ4n) is 2.87. The summed E-state index contributed by atoms with van der Waals surface area (Å²) in [5.41, 5.74) is 2.34. The molecule has 1 heterocycles. The van der Waals surface area contributed by atoms with Crippen molar-refractivity contribution in [1.29, 1.82) is 0 Å². The van der Waals surface area contributed by atoms with Crippen LogP contribution in [0.5, 0.6) is 5.75 Å². The lowest BCUT2D eigenvalue weighted by atomic mass is 10.1. The van der Waals surface area contributed by atoms with Crippen molar-refractivity contribution in [2.24, 2.45) is 0 Å². The Morgan fingerprint density at radius 3 is 2.52 bits per heavy atom. The molecule has 0 spiro atoms. The number of methoxy groups -OCH3 is 1. The molecule has 1 aromatic heterocycles. The van der Waals surface area contributed by atoms with E-state index < -0.39 is 0 Å². The number of nitrogens with zero attached hydrogens (tertiary/aromatic N) is 1. The highest BCUT2D eigenvalue weighted by Gasteiger charge is 2.13. The Kier molecular flexibility index (Phi) is 6.95. The zero-order chi connectivity index (χ0) is 20.5. The molecule has 6 nitrogen and oxygen atoms in total. The minimum atomic E-state index is -0.338. The first kappa shape index (κ1) is 20.1. The van der Waals surface area contributed by atoms with E-state index in [1.165, 1.54) is 24.9 Å². The molecule has 0 saturated carbocycles. The molecular formula is C23H23N3O3. The van der Waals surface area contributed by atoms with Gasteiger partial charge in [-0.2, -0.15) is 0 Å². The predicted octanol–water partition coefficient (Wildman–Crippen LogP) is 3.71. The topological polar surface area (TPSA) is 80.3 Å². The van der Waals surface area contributed by atoms with E-state index in [2.05, 4.69) is 27.8 Å². The van der Waals surface area contributed by atoms with Crippen molar-refractivity contribution in [3.8, 4) is 5.75 Å². The molecule has 0 atom stereocenters. The number of anilines is 1. The number of aryl methyl sites for hydroxylation is 1. The van der Waals surface area contributed by atoms with Crippen LogP contribution in [0.2, 0.25) is 0 Å². The van der Waals surface area contributed by atoms with Crippen LogP contribution in [0.15, 0.2) is 72.9 Å². The molecular weight excluding hydrogens is 366 g/mol. The van der Waals surface area contributed by atoms with Crippen molar-refractivity contribution in [3.63, 3.8) is 0 Å². The van der Waals surface area contributed by atoms with Gasteiger partial charge < -0.3 is 15.4 Å². The van der Waals surface area contributed by atoms with Crippen LogP contribution < -0.4 is 15.4 Å². The fourth-order valence-corrected chi connectivity index (χ4v) is 2.87. The highest BCUT2D eigenvalue weighted by atomic mass is 16.5. The van der Waals surface area contributed by atoms with E-state index in [4.69, 9.17) is 4.74 Å². The van der Waals surface area contributed by atoms with Crippen LogP contribution in [0.3, 0.4) is 0 Å². The Bertz CT molecular complexity index is 974. The van der Waals surface area contributed by atoms with Crippen molar-refractivity contribution in [1.82, 2.24) is 10.3 Å². The van der Waals surface area contributed by atoms with Gasteiger partial charge in [-0.3, -0.25) is 14.6 Å². The van der Waals surface area contributed by atoms with E-state index in [9.17, 15) is 9.59 Å². The van der Waals surface area contributed by atoms with Gasteiger partial charge in [-0.15, -0.1) is 0 Å². The van der Waals surface area contributed by atoms with Gasteiger partial charge in [0.25, 0.3) is 11.8 Å². The lowest BCUT2D eigenvalue weighted by Crippen LogP contribution is -2.26. The van der Waals surface area contributed by atoms with Crippen LogP contribution >= 0.6 is 0 Å². The maximum absolute atomic E-state index is 12.5. The second-order valence-corrected chi connectivity index (χ2v) is 6.43. The molecule has 0 aliphatic rings. The number of carbonyl (C=O) groups is 2. The molecule has 6 heteroatoms. The summed E-state index contributed by atoms with van der Waals surface area (Å²) in [5, 5.41) is 5.64. The number of aromatic nitrogens is 1. The average molecular weight is 389 g/mol. The number of carbonyl (C=O) groups excluding carboxylic acids is 2. The summed E-state index contributed by atoms with van der Waals surface area (Å²) in [6.45, 7) is 0.535. The minimum absolute atomic E-state index is 0.206. The third kappa shape index (κ3) is 5.65. The molecule has 0 aliphatic heterocycles. The molecule has 2 amide bonds. The van der Waals surface area contributed by atoms with Crippen molar-refractivity contribution < 1.29 is 14.3 Å². The molecule has 0 bridgehead atoms. The van der Waals surface area contributed by atoms with Gasteiger partial charge in [-0.25, -0.2) is 0 Å². The van der Waals surface area contributed by atoms with Crippen LogP contribution in [-0.4, -0.2) is 30.5 Å². The van der Waals surface area contributed by atoms with Gasteiger partial charge in [-0.05, 0) is 42.7 Å². The molecule has 0 aliphatic carbocycles. The zero-order valence-electron chi connectivity index (χ0n) is 16.2. The second kappa shape index (κ2) is 10.0. The van der Waals surface area contributed by atoms with Crippen molar-refractivity contribution in [2.45, 2.75) is 12.8 Å². The molecule has 0 saturated heterocycles. The van der Waals surface area contributed by atoms with Crippen molar-refractivity contribution >= 4 is 17.5 Å². The number of para-hydroxylation sites is 2. The number of hydrogen-bond donors (Lipinski definition) is 2. The van der Waals surface area contributed by atoms with Gasteiger partial charge in [0, 0.05) is 18.3 Å². The Morgan fingerprint density at radius 2 is 1.72 bits per heavy atom. The third-order valence-corrected chi connectivity index (χ3v) is 4.38. The van der Waals surface area contributed by atoms with Crippen LogP contribution in [0, 0.1) is 0 Å². The monoisotopic (exact) mass is 389 g/mol. The van der Waals surface area contributed by atoms with E-state index in [0.717, 1.165) is 12.8 Å². The van der Waals surface area contributed by atoms with E-state index >= 15 is 0 Å². The highest BCUT2D eigenvalue weighted by Crippen LogP contribution is 2.23. The smallest absolute Gasteiger partial charge is 0.269 e. The molecule has 2 N–H and O–H groups in total. The third-order valence-electron chi connectivity index (χ3n) is 4.38. The van der Waals surface area contributed by atoms with E-state index in [1.54, 1.807) is 24.3 Å². The molecule has 3 aromatic rings. The first-order valence-corrected chi connectivity index (χ1v) is 9.40. The number of ether oxygens (including phenoxy) is 1. The SMILES string of the molecule is COc1ccccc1NC(=O)c1ccnc(C(=O)NCCCc2ccccc2)c1. The lowest BCUT2D eigenvalue weighted by molar-refractivity contribution is 0.0948.